The van der Waals surface area contributed by atoms with Crippen molar-refractivity contribution in [3.05, 3.63) is 35.4 Å². The number of hydrogen-bond donors (Lipinski definition) is 2. The zero-order valence-electron chi connectivity index (χ0n) is 10.2. The minimum Gasteiger partial charge on any atom is -0.411 e. The van der Waals surface area contributed by atoms with Crippen LogP contribution in [0.1, 0.15) is 37.3 Å². The normalized spacial score (nSPS) is 12.8. The molecular weight excluding hydrogens is 216 g/mol. The number of aryl methyl sites for hydroxylation is 1. The van der Waals surface area contributed by atoms with Gasteiger partial charge in [0.25, 0.3) is 0 Å². The van der Waals surface area contributed by atoms with Crippen molar-refractivity contribution in [1.29, 1.82) is 0 Å². The van der Waals surface area contributed by atoms with Crippen LogP contribution in [0.4, 0.5) is 0 Å². The molecule has 4 nitrogen and oxygen atoms in total. The van der Waals surface area contributed by atoms with Gasteiger partial charge in [0.1, 0.15) is 11.4 Å². The van der Waals surface area contributed by atoms with Gasteiger partial charge in [0.15, 0.2) is 0 Å². The largest absolute Gasteiger partial charge is 0.411 e. The first-order valence-electron chi connectivity index (χ1n) is 5.73. The van der Waals surface area contributed by atoms with Gasteiger partial charge in [0.05, 0.1) is 0 Å². The second-order valence-corrected chi connectivity index (χ2v) is 3.96. The summed E-state index contributed by atoms with van der Waals surface area (Å²) < 4.78 is 0. The van der Waals surface area contributed by atoms with Crippen LogP contribution in [0.15, 0.2) is 34.6 Å². The molecule has 0 aliphatic heterocycles. The molecule has 1 aromatic carbocycles. The van der Waals surface area contributed by atoms with E-state index < -0.39 is 0 Å². The highest BCUT2D eigenvalue weighted by atomic mass is 16.4. The average Bonchev–Trinajstić information content (AvgIpc) is 2.36. The van der Waals surface area contributed by atoms with Crippen molar-refractivity contribution in [3.8, 4) is 0 Å². The molecule has 0 heterocycles. The number of unbranched alkanes of at least 4 members (excludes halogenated alkanes) is 1. The van der Waals surface area contributed by atoms with Gasteiger partial charge in [-0.25, -0.2) is 0 Å². The lowest BCUT2D eigenvalue weighted by Gasteiger charge is -2.06. The van der Waals surface area contributed by atoms with Crippen LogP contribution in [0.5, 0.6) is 0 Å². The van der Waals surface area contributed by atoms with Crippen LogP contribution < -0.4 is 0 Å². The topological polar surface area (TPSA) is 65.2 Å². The highest BCUT2D eigenvalue weighted by molar-refractivity contribution is 6.48. The molecule has 0 aliphatic carbocycles. The van der Waals surface area contributed by atoms with E-state index in [0.717, 1.165) is 24.0 Å². The lowest BCUT2D eigenvalue weighted by molar-refractivity contribution is 0.313. The first-order chi connectivity index (χ1) is 8.22. The summed E-state index contributed by atoms with van der Waals surface area (Å²) in [5.74, 6) is 0. The molecule has 0 spiro atoms. The molecule has 0 bridgehead atoms. The minimum atomic E-state index is 0.334. The SMILES string of the molecule is CCCCC(=N\O)/C(=N/O)c1ccc(C)cc1. The Morgan fingerprint density at radius 2 is 1.76 bits per heavy atom. The van der Waals surface area contributed by atoms with E-state index >= 15 is 0 Å². The van der Waals surface area contributed by atoms with E-state index in [0.29, 0.717) is 17.8 Å². The van der Waals surface area contributed by atoms with Gasteiger partial charge in [-0.2, -0.15) is 0 Å². The molecule has 1 aromatic rings. The molecule has 0 aromatic heterocycles. The molecule has 92 valence electrons. The fraction of sp³-hybridized carbons (Fsp3) is 0.385. The zero-order chi connectivity index (χ0) is 12.7. The molecule has 4 heteroatoms. The molecule has 0 fully saturated rings. The molecule has 0 unspecified atom stereocenters. The first kappa shape index (κ1) is 13.2. The van der Waals surface area contributed by atoms with E-state index in [1.807, 2.05) is 31.2 Å². The van der Waals surface area contributed by atoms with E-state index in [1.54, 1.807) is 0 Å². The van der Waals surface area contributed by atoms with Gasteiger partial charge in [0, 0.05) is 5.56 Å². The lowest BCUT2D eigenvalue weighted by Crippen LogP contribution is -2.16. The third-order valence-electron chi connectivity index (χ3n) is 2.59. The van der Waals surface area contributed by atoms with Crippen LogP contribution in [0.25, 0.3) is 0 Å². The average molecular weight is 234 g/mol. The standard InChI is InChI=1S/C13H18N2O2/c1-3-4-5-12(14-16)13(15-17)11-8-6-10(2)7-9-11/h6-9,16-17H,3-5H2,1-2H3/b14-12+,15-13+. The number of oxime groups is 2. The predicted molar refractivity (Wildman–Crippen MR) is 68.2 cm³/mol. The summed E-state index contributed by atoms with van der Waals surface area (Å²) in [5.41, 5.74) is 2.63. The van der Waals surface area contributed by atoms with E-state index in [4.69, 9.17) is 10.4 Å². The molecule has 0 atom stereocenters. The number of hydrogen-bond acceptors (Lipinski definition) is 4. The van der Waals surface area contributed by atoms with Crippen molar-refractivity contribution < 1.29 is 10.4 Å². The van der Waals surface area contributed by atoms with Crippen LogP contribution in [0.3, 0.4) is 0 Å². The maximum atomic E-state index is 9.05. The predicted octanol–water partition coefficient (Wildman–Crippen LogP) is 3.19. The Bertz CT molecular complexity index is 408. The summed E-state index contributed by atoms with van der Waals surface area (Å²) in [6.07, 6.45) is 2.48. The van der Waals surface area contributed by atoms with Crippen molar-refractivity contribution in [3.63, 3.8) is 0 Å². The van der Waals surface area contributed by atoms with Gasteiger partial charge in [-0.1, -0.05) is 53.5 Å². The van der Waals surface area contributed by atoms with Crippen molar-refractivity contribution in [2.24, 2.45) is 10.3 Å². The van der Waals surface area contributed by atoms with Crippen molar-refractivity contribution in [1.82, 2.24) is 0 Å². The highest BCUT2D eigenvalue weighted by Crippen LogP contribution is 2.09. The van der Waals surface area contributed by atoms with E-state index in [1.165, 1.54) is 0 Å². The molecule has 0 saturated carbocycles. The molecule has 0 amide bonds. The summed E-state index contributed by atoms with van der Waals surface area (Å²) in [6.45, 7) is 4.04. The second-order valence-electron chi connectivity index (χ2n) is 3.96. The second kappa shape index (κ2) is 6.68. The van der Waals surface area contributed by atoms with Crippen molar-refractivity contribution in [2.75, 3.05) is 0 Å². The Balaban J connectivity index is 2.95. The quantitative estimate of drug-likeness (QED) is 0.467. The van der Waals surface area contributed by atoms with Gasteiger partial charge >= 0.3 is 0 Å². The van der Waals surface area contributed by atoms with Gasteiger partial charge < -0.3 is 10.4 Å². The van der Waals surface area contributed by atoms with Crippen LogP contribution in [-0.4, -0.2) is 21.8 Å². The molecular formula is C13H18N2O2. The van der Waals surface area contributed by atoms with Gasteiger partial charge in [-0.15, -0.1) is 0 Å². The summed E-state index contributed by atoms with van der Waals surface area (Å²) in [7, 11) is 0. The number of rotatable bonds is 5. The maximum absolute atomic E-state index is 9.05. The first-order valence-corrected chi connectivity index (χ1v) is 5.73. The maximum Gasteiger partial charge on any atom is 0.134 e. The zero-order valence-corrected chi connectivity index (χ0v) is 10.2. The van der Waals surface area contributed by atoms with Crippen LogP contribution in [-0.2, 0) is 0 Å². The smallest absolute Gasteiger partial charge is 0.134 e. The highest BCUT2D eigenvalue weighted by Gasteiger charge is 2.12. The van der Waals surface area contributed by atoms with Crippen LogP contribution >= 0.6 is 0 Å². The Morgan fingerprint density at radius 3 is 2.24 bits per heavy atom. The van der Waals surface area contributed by atoms with E-state index in [-0.39, 0.29) is 0 Å². The number of benzene rings is 1. The summed E-state index contributed by atoms with van der Waals surface area (Å²) in [6, 6.07) is 7.55. The summed E-state index contributed by atoms with van der Waals surface area (Å²) >= 11 is 0. The van der Waals surface area contributed by atoms with Gasteiger partial charge in [-0.3, -0.25) is 0 Å². The van der Waals surface area contributed by atoms with Crippen molar-refractivity contribution >= 4 is 11.4 Å². The van der Waals surface area contributed by atoms with Crippen LogP contribution in [0, 0.1) is 6.92 Å². The summed E-state index contributed by atoms with van der Waals surface area (Å²) in [5, 5.41) is 24.5. The Labute approximate surface area is 101 Å². The molecule has 2 N–H and O–H groups in total. The van der Waals surface area contributed by atoms with Crippen LogP contribution in [0.2, 0.25) is 0 Å². The van der Waals surface area contributed by atoms with Gasteiger partial charge in [0.2, 0.25) is 0 Å². The fourth-order valence-corrected chi connectivity index (χ4v) is 1.55. The third kappa shape index (κ3) is 3.59. The third-order valence-corrected chi connectivity index (χ3v) is 2.59. The molecule has 0 radical (unpaired) electrons. The molecule has 0 saturated heterocycles. The Kier molecular flexibility index (Phi) is 5.20. The van der Waals surface area contributed by atoms with Crippen molar-refractivity contribution in [2.45, 2.75) is 33.1 Å². The van der Waals surface area contributed by atoms with E-state index in [9.17, 15) is 0 Å². The molecule has 0 aliphatic rings. The van der Waals surface area contributed by atoms with E-state index in [2.05, 4.69) is 17.2 Å². The monoisotopic (exact) mass is 234 g/mol. The minimum absolute atomic E-state index is 0.334. The number of nitrogens with zero attached hydrogens (tertiary/aromatic N) is 2. The fourth-order valence-electron chi connectivity index (χ4n) is 1.55. The summed E-state index contributed by atoms with van der Waals surface area (Å²) in [4.78, 5) is 0. The Hall–Kier alpha value is -1.84. The molecule has 17 heavy (non-hydrogen) atoms. The van der Waals surface area contributed by atoms with Gasteiger partial charge in [-0.05, 0) is 19.8 Å². The lowest BCUT2D eigenvalue weighted by atomic mass is 10.0. The Morgan fingerprint density at radius 1 is 1.12 bits per heavy atom. The molecule has 1 rings (SSSR count).